The van der Waals surface area contributed by atoms with Gasteiger partial charge >= 0.3 is 0 Å². The zero-order valence-corrected chi connectivity index (χ0v) is 55.1. The Morgan fingerprint density at radius 1 is 0.620 bits per heavy atom. The molecule has 3 atom stereocenters. The number of epoxide rings is 1. The van der Waals surface area contributed by atoms with E-state index in [1.807, 2.05) is 27.7 Å². The van der Waals surface area contributed by atoms with Crippen molar-refractivity contribution in [3.05, 3.63) is 12.2 Å². The van der Waals surface area contributed by atoms with Crippen LogP contribution in [0.4, 0.5) is 0 Å². The Labute approximate surface area is 478 Å². The number of likely N-dealkylation sites (N-methyl/N-ethyl adjacent to an activating group) is 2. The van der Waals surface area contributed by atoms with Crippen molar-refractivity contribution >= 4 is 111 Å². The lowest BCUT2D eigenvalue weighted by molar-refractivity contribution is -0.873. The van der Waals surface area contributed by atoms with E-state index < -0.39 is 6.10 Å². The highest BCUT2D eigenvalue weighted by molar-refractivity contribution is 8.70. The maximum atomic E-state index is 12.2. The number of ether oxygens (including phenoxy) is 1. The minimum absolute atomic E-state index is 0. The van der Waals surface area contributed by atoms with Crippen molar-refractivity contribution < 1.29 is 62.8 Å². The maximum absolute atomic E-state index is 12.2. The van der Waals surface area contributed by atoms with Crippen molar-refractivity contribution in [3.8, 4) is 0 Å². The number of unbranched alkanes of at least 4 members (excludes halogenated alkanes) is 8. The Hall–Kier alpha value is 0.550. The molecule has 0 spiro atoms. The van der Waals surface area contributed by atoms with Gasteiger partial charge < -0.3 is 54.3 Å². The van der Waals surface area contributed by atoms with Gasteiger partial charge in [0.25, 0.3) is 0 Å². The van der Waals surface area contributed by atoms with Crippen LogP contribution in [-0.4, -0.2) is 136 Å². The molecule has 1 fully saturated rings. The second-order valence-electron chi connectivity index (χ2n) is 21.4. The molecule has 1 aliphatic rings. The van der Waals surface area contributed by atoms with Gasteiger partial charge in [0.2, 0.25) is 11.8 Å². The van der Waals surface area contributed by atoms with E-state index in [-0.39, 0.29) is 65.3 Å². The van der Waals surface area contributed by atoms with Gasteiger partial charge in [-0.15, -0.1) is 0 Å². The van der Waals surface area contributed by atoms with Crippen molar-refractivity contribution in [2.75, 3.05) is 80.8 Å². The van der Waals surface area contributed by atoms with Gasteiger partial charge in [-0.1, -0.05) is 132 Å². The number of aliphatic hydroxyl groups excluding tert-OH is 1. The summed E-state index contributed by atoms with van der Waals surface area (Å²) in [6.45, 7) is 21.0. The summed E-state index contributed by atoms with van der Waals surface area (Å²) < 4.78 is 6.79. The molecule has 1 rings (SSSR count). The van der Waals surface area contributed by atoms with Crippen LogP contribution in [0.3, 0.4) is 0 Å². The molecule has 1 heterocycles. The first kappa shape index (κ1) is 80.4. The lowest BCUT2D eigenvalue weighted by atomic mass is 10.0. The van der Waals surface area contributed by atoms with Gasteiger partial charge in [0, 0.05) is 137 Å². The number of halogens is 2. The summed E-state index contributed by atoms with van der Waals surface area (Å²) in [5.41, 5.74) is 0. The molecule has 1 aliphatic heterocycles. The van der Waals surface area contributed by atoms with E-state index in [0.717, 1.165) is 55.4 Å². The van der Waals surface area contributed by atoms with E-state index in [1.165, 1.54) is 82.0 Å². The molecule has 3 N–H and O–H groups in total. The lowest BCUT2D eigenvalue weighted by Gasteiger charge is -2.27. The molecule has 0 aromatic carbocycles. The Morgan fingerprint density at radius 2 is 1.06 bits per heavy atom. The zero-order chi connectivity index (χ0) is 53.1. The largest absolute Gasteiger partial charge is 1.00 e. The summed E-state index contributed by atoms with van der Waals surface area (Å²) >= 11 is 10.8. The van der Waals surface area contributed by atoms with Crippen molar-refractivity contribution in [1.82, 2.24) is 10.6 Å². The molecule has 71 heavy (non-hydrogen) atoms. The number of nitrogens with one attached hydrogen (secondary N) is 2. The van der Waals surface area contributed by atoms with Crippen molar-refractivity contribution in [2.45, 2.75) is 182 Å². The number of hydrogen-bond acceptors (Lipinski definition) is 9. The molecule has 0 aromatic heterocycles. The molecule has 0 aliphatic carbocycles. The van der Waals surface area contributed by atoms with Gasteiger partial charge in [-0.05, 0) is 31.1 Å². The van der Waals surface area contributed by atoms with E-state index in [1.54, 1.807) is 59.4 Å². The van der Waals surface area contributed by atoms with E-state index >= 15 is 0 Å². The van der Waals surface area contributed by atoms with Gasteiger partial charge in [-0.25, -0.2) is 0 Å². The average molecular weight is 1210 g/mol. The summed E-state index contributed by atoms with van der Waals surface area (Å²) in [7, 11) is 21.8. The number of aliphatic hydroxyl groups is 1. The fourth-order valence-electron chi connectivity index (χ4n) is 6.42. The van der Waals surface area contributed by atoms with Gasteiger partial charge in [-0.2, -0.15) is 11.8 Å². The number of ketones is 2. The third kappa shape index (κ3) is 68.5. The Balaban J connectivity index is -0.000000312. The monoisotopic (exact) mass is 1210 g/mol. The van der Waals surface area contributed by atoms with E-state index in [2.05, 4.69) is 103 Å². The Kier molecular flexibility index (Phi) is 59.6. The smallest absolute Gasteiger partial charge is 0.223 e. The quantitative estimate of drug-likeness (QED) is 0.0386. The van der Waals surface area contributed by atoms with Crippen LogP contribution in [0.25, 0.3) is 0 Å². The van der Waals surface area contributed by atoms with Crippen LogP contribution in [0.15, 0.2) is 12.2 Å². The van der Waals surface area contributed by atoms with Gasteiger partial charge in [0.15, 0.2) is 0 Å². The van der Waals surface area contributed by atoms with Crippen LogP contribution < -0.4 is 35.4 Å². The number of quaternary nitrogens is 2. The summed E-state index contributed by atoms with van der Waals surface area (Å²) in [4.78, 5) is 47.5. The normalized spacial score (nSPS) is 13.6. The highest BCUT2D eigenvalue weighted by Crippen LogP contribution is 2.23. The van der Waals surface area contributed by atoms with Crippen LogP contribution in [0.2, 0.25) is 0 Å². The standard InChI is InChI=1S/C25H50N2O3S.C19H35NO2.C6H14NO.2ClH.S8/c1-20(2)13-11-9-8-10-12-16-26-25(30)15-14-23(17-24(29)21(3)4)31-19-22(28)18-27(5,6)7;1-16(2)12-8-6-5-7-11-15-20-19(22)14-10-9-13-18(21)17(3)4;1-7(2,3)4-6-5-8-6;;;1-3-5-7-8-6-4-2/h20-23,28H,8-19H2,1-7H3;9-10,16-17H,5-8,11-15H2,1-4H3,(H,20,22);6H,4-5H2,1-3H3;2*1H;/q;;+1;;;/p-1/b;10-9+;;;;. The lowest BCUT2D eigenvalue weighted by Crippen LogP contribution is -3.00. The van der Waals surface area contributed by atoms with Crippen LogP contribution in [0.5, 0.6) is 0 Å². The minimum atomic E-state index is -0.406. The van der Waals surface area contributed by atoms with Gasteiger partial charge in [0.05, 0.1) is 48.9 Å². The number of amides is 2. The molecule has 0 saturated carbocycles. The van der Waals surface area contributed by atoms with E-state index in [4.69, 9.17) is 4.74 Å². The first-order valence-corrected chi connectivity index (χ1v) is 35.7. The molecule has 0 aromatic rings. The predicted octanol–water partition coefficient (Wildman–Crippen LogP) is 3.40. The Bertz CT molecular complexity index is 1630. The highest BCUT2D eigenvalue weighted by Gasteiger charge is 2.29. The van der Waals surface area contributed by atoms with E-state index in [0.29, 0.717) is 55.0 Å². The molecule has 0 bridgehead atoms. The highest BCUT2D eigenvalue weighted by atomic mass is 35.5. The van der Waals surface area contributed by atoms with Crippen LogP contribution in [0.1, 0.15) is 165 Å². The first-order chi connectivity index (χ1) is 32.3. The summed E-state index contributed by atoms with van der Waals surface area (Å²) in [6, 6.07) is 0. The number of Topliss-reactive ketones (excluding diaryl/α,β-unsaturated/α-hetero) is 2. The molecule has 424 valence electrons. The molecule has 21 heteroatoms. The van der Waals surface area contributed by atoms with Crippen molar-refractivity contribution in [3.63, 3.8) is 0 Å². The van der Waals surface area contributed by atoms with Crippen molar-refractivity contribution in [2.24, 2.45) is 23.7 Å². The summed E-state index contributed by atoms with van der Waals surface area (Å²) in [5.74, 6) is 2.85. The number of allylic oxidation sites excluding steroid dienone is 1. The number of thioether (sulfide) groups is 1. The third-order valence-electron chi connectivity index (χ3n) is 10.3. The predicted molar refractivity (Wildman–Crippen MR) is 320 cm³/mol. The fourth-order valence-corrected chi connectivity index (χ4v) is 18.6. The minimum Gasteiger partial charge on any atom is -1.00 e. The van der Waals surface area contributed by atoms with Gasteiger partial charge in [-0.3, -0.25) is 19.2 Å². The number of hydrogen-bond donors (Lipinski definition) is 3. The molecule has 10 nitrogen and oxygen atoms in total. The summed E-state index contributed by atoms with van der Waals surface area (Å²) in [5, 5.41) is 16.3. The molecular weight excluding hydrogens is 1110 g/mol. The molecule has 1 saturated heterocycles. The second-order valence-corrected chi connectivity index (χ2v) is 33.3. The molecule has 2 amide bonds. The maximum Gasteiger partial charge on any atom is 0.223 e. The van der Waals surface area contributed by atoms with Crippen LogP contribution in [0, 0.1) is 23.7 Å². The number of carbonyl (C=O) groups excluding carboxylic acids is 4. The first-order valence-electron chi connectivity index (χ1n) is 25.3. The topological polar surface area (TPSA) is 125 Å². The van der Waals surface area contributed by atoms with E-state index in [9.17, 15) is 24.3 Å². The van der Waals surface area contributed by atoms with Crippen molar-refractivity contribution in [1.29, 1.82) is 0 Å². The fraction of sp³-hybridized carbons (Fsp3) is 0.880. The summed E-state index contributed by atoms with van der Waals surface area (Å²) in [6.07, 6.45) is 21.0. The Morgan fingerprint density at radius 3 is 1.45 bits per heavy atom. The second kappa shape index (κ2) is 52.6. The average Bonchev–Trinajstić information content (AvgIpc) is 4.06. The number of nitrogens with zero attached hydrogens (tertiary/aromatic N) is 2. The molecule has 0 radical (unpaired) electrons. The zero-order valence-electron chi connectivity index (χ0n) is 46.3. The molecule has 3 unspecified atom stereocenters. The number of carbonyl (C=O) groups is 4. The van der Waals surface area contributed by atoms with Crippen LogP contribution >= 0.6 is 11.8 Å². The third-order valence-corrected chi connectivity index (χ3v) is 22.9. The molecular formula is C50H100Cl2N4O6S9. The SMILES string of the molecule is CC(C)CCCCCCCNC(=O)C/C=C/CC(=O)C(C)C.CC(C)CCCCCCCNC(=O)CCC(CC(=O)C(C)C)SCC(O)C[N+](C)(C)C.C[N+](C)(C)CC1CO1.S=S=S=S=S=S=S=S.[Cl-].[Cl-]. The van der Waals surface area contributed by atoms with Gasteiger partial charge in [0.1, 0.15) is 36.9 Å². The number of rotatable bonds is 34. The van der Waals surface area contributed by atoms with Crippen LogP contribution in [-0.2, 0) is 99.6 Å².